The van der Waals surface area contributed by atoms with Crippen LogP contribution in [0.15, 0.2) is 18.2 Å². The number of phenolic OH excluding ortho intramolecular Hbond substituents is 1. The average Bonchev–Trinajstić information content (AvgIpc) is 2.92. The molecule has 0 amide bonds. The van der Waals surface area contributed by atoms with Gasteiger partial charge >= 0.3 is 0 Å². The van der Waals surface area contributed by atoms with Gasteiger partial charge in [-0.25, -0.2) is 0 Å². The highest BCUT2D eigenvalue weighted by molar-refractivity contribution is 8.21. The maximum absolute atomic E-state index is 9.83. The predicted octanol–water partition coefficient (Wildman–Crippen LogP) is 4.89. The number of hydrogen-bond donors (Lipinski definition) is 1. The second kappa shape index (κ2) is 5.13. The normalized spacial score (nSPS) is 37.2. The van der Waals surface area contributed by atoms with E-state index in [9.17, 15) is 5.11 Å². The molecule has 1 saturated carbocycles. The molecule has 1 heterocycles. The standard InChI is InChI=1S/C18H24OS2/c1-11-9-13-10-14(19)3-4-16(13)17-12(2)18(6-5-15(11)17)20-7-8-21-18/h3-4,10-12,15,17,19H,5-9H2,1-2H3. The third kappa shape index (κ3) is 2.15. The summed E-state index contributed by atoms with van der Waals surface area (Å²) in [4.78, 5) is 0. The van der Waals surface area contributed by atoms with Crippen LogP contribution in [-0.2, 0) is 6.42 Å². The van der Waals surface area contributed by atoms with Crippen LogP contribution in [0.2, 0.25) is 0 Å². The highest BCUT2D eigenvalue weighted by atomic mass is 32.2. The van der Waals surface area contributed by atoms with Gasteiger partial charge in [0.15, 0.2) is 0 Å². The molecule has 4 atom stereocenters. The molecule has 1 spiro atoms. The van der Waals surface area contributed by atoms with Crippen LogP contribution < -0.4 is 0 Å². The van der Waals surface area contributed by atoms with Gasteiger partial charge in [-0.05, 0) is 66.2 Å². The van der Waals surface area contributed by atoms with Crippen molar-refractivity contribution in [3.8, 4) is 5.75 Å². The molecule has 3 heteroatoms. The van der Waals surface area contributed by atoms with Crippen molar-refractivity contribution in [2.75, 3.05) is 11.5 Å². The summed E-state index contributed by atoms with van der Waals surface area (Å²) in [6, 6.07) is 6.13. The zero-order valence-corrected chi connectivity index (χ0v) is 14.5. The number of thioether (sulfide) groups is 2. The minimum Gasteiger partial charge on any atom is -0.508 e. The lowest BCUT2D eigenvalue weighted by Gasteiger charge is -2.52. The molecule has 3 aliphatic rings. The van der Waals surface area contributed by atoms with Crippen LogP contribution in [0.1, 0.15) is 43.7 Å². The van der Waals surface area contributed by atoms with Crippen LogP contribution in [-0.4, -0.2) is 20.7 Å². The van der Waals surface area contributed by atoms with Gasteiger partial charge in [0.1, 0.15) is 5.75 Å². The van der Waals surface area contributed by atoms with Crippen LogP contribution in [0.3, 0.4) is 0 Å². The zero-order chi connectivity index (χ0) is 14.6. The second-order valence-corrected chi connectivity index (χ2v) is 10.2. The predicted molar refractivity (Wildman–Crippen MR) is 93.3 cm³/mol. The van der Waals surface area contributed by atoms with Crippen molar-refractivity contribution in [1.82, 2.24) is 0 Å². The monoisotopic (exact) mass is 320 g/mol. The smallest absolute Gasteiger partial charge is 0.115 e. The minimum absolute atomic E-state index is 0.433. The highest BCUT2D eigenvalue weighted by Crippen LogP contribution is 2.63. The van der Waals surface area contributed by atoms with Crippen LogP contribution in [0.5, 0.6) is 5.75 Å². The summed E-state index contributed by atoms with van der Waals surface area (Å²) in [6.45, 7) is 4.92. The van der Waals surface area contributed by atoms with Gasteiger partial charge < -0.3 is 5.11 Å². The Balaban J connectivity index is 1.77. The molecule has 4 unspecified atom stereocenters. The number of hydrogen-bond acceptors (Lipinski definition) is 3. The molecule has 1 saturated heterocycles. The topological polar surface area (TPSA) is 20.2 Å². The Hall–Kier alpha value is -0.280. The quantitative estimate of drug-likeness (QED) is 0.735. The summed E-state index contributed by atoms with van der Waals surface area (Å²) in [6.07, 6.45) is 3.92. The molecule has 2 aliphatic carbocycles. The molecule has 1 nitrogen and oxygen atoms in total. The van der Waals surface area contributed by atoms with Crippen molar-refractivity contribution in [2.24, 2.45) is 17.8 Å². The van der Waals surface area contributed by atoms with E-state index in [1.807, 2.05) is 12.1 Å². The van der Waals surface area contributed by atoms with Gasteiger partial charge in [-0.1, -0.05) is 19.9 Å². The summed E-state index contributed by atoms with van der Waals surface area (Å²) >= 11 is 4.44. The molecular formula is C18H24OS2. The van der Waals surface area contributed by atoms with Crippen molar-refractivity contribution in [3.05, 3.63) is 29.3 Å². The van der Waals surface area contributed by atoms with Gasteiger partial charge in [0.05, 0.1) is 4.08 Å². The molecule has 2 fully saturated rings. The van der Waals surface area contributed by atoms with Gasteiger partial charge in [0.2, 0.25) is 0 Å². The fourth-order valence-electron chi connectivity index (χ4n) is 5.03. The number of phenols is 1. The number of benzene rings is 1. The average molecular weight is 321 g/mol. The third-order valence-electron chi connectivity index (χ3n) is 6.05. The van der Waals surface area contributed by atoms with E-state index in [2.05, 4.69) is 43.4 Å². The number of fused-ring (bicyclic) bond motifs is 3. The van der Waals surface area contributed by atoms with Gasteiger partial charge in [-0.2, -0.15) is 0 Å². The maximum Gasteiger partial charge on any atom is 0.115 e. The molecule has 1 aromatic rings. The number of aromatic hydroxyl groups is 1. The molecular weight excluding hydrogens is 296 g/mol. The third-order valence-corrected chi connectivity index (χ3v) is 9.97. The van der Waals surface area contributed by atoms with E-state index in [0.717, 1.165) is 24.2 Å². The maximum atomic E-state index is 9.83. The fourth-order valence-corrected chi connectivity index (χ4v) is 8.56. The second-order valence-electron chi connectivity index (χ2n) is 7.09. The Bertz CT molecular complexity index is 550. The van der Waals surface area contributed by atoms with Crippen molar-refractivity contribution in [3.63, 3.8) is 0 Å². The fraction of sp³-hybridized carbons (Fsp3) is 0.667. The van der Waals surface area contributed by atoms with E-state index >= 15 is 0 Å². The van der Waals surface area contributed by atoms with E-state index in [0.29, 0.717) is 15.7 Å². The summed E-state index contributed by atoms with van der Waals surface area (Å²) in [5.41, 5.74) is 2.94. The van der Waals surface area contributed by atoms with E-state index in [-0.39, 0.29) is 0 Å². The first kappa shape index (κ1) is 14.3. The first-order valence-corrected chi connectivity index (χ1v) is 10.2. The van der Waals surface area contributed by atoms with E-state index < -0.39 is 0 Å². The Morgan fingerprint density at radius 1 is 1.19 bits per heavy atom. The molecule has 4 rings (SSSR count). The van der Waals surface area contributed by atoms with Crippen LogP contribution in [0.25, 0.3) is 0 Å². The van der Waals surface area contributed by atoms with Crippen molar-refractivity contribution >= 4 is 23.5 Å². The van der Waals surface area contributed by atoms with Crippen LogP contribution in [0.4, 0.5) is 0 Å². The SMILES string of the molecule is CC1Cc2cc(O)ccc2C2C1CCC1(SCCS1)C2C. The molecule has 0 radical (unpaired) electrons. The molecule has 21 heavy (non-hydrogen) atoms. The minimum atomic E-state index is 0.433. The molecule has 1 N–H and O–H groups in total. The molecule has 0 aromatic heterocycles. The van der Waals surface area contributed by atoms with Gasteiger partial charge in [0, 0.05) is 11.5 Å². The Labute approximate surface area is 136 Å². The molecule has 1 aromatic carbocycles. The largest absolute Gasteiger partial charge is 0.508 e. The van der Waals surface area contributed by atoms with Gasteiger partial charge in [0.25, 0.3) is 0 Å². The van der Waals surface area contributed by atoms with Crippen LogP contribution in [0, 0.1) is 17.8 Å². The van der Waals surface area contributed by atoms with Crippen molar-refractivity contribution in [1.29, 1.82) is 0 Å². The van der Waals surface area contributed by atoms with Crippen LogP contribution >= 0.6 is 23.5 Å². The van der Waals surface area contributed by atoms with Gasteiger partial charge in [-0.15, -0.1) is 23.5 Å². The summed E-state index contributed by atoms with van der Waals surface area (Å²) < 4.78 is 0.466. The van der Waals surface area contributed by atoms with Gasteiger partial charge in [-0.3, -0.25) is 0 Å². The van der Waals surface area contributed by atoms with E-state index in [1.54, 1.807) is 0 Å². The lowest BCUT2D eigenvalue weighted by atomic mass is 9.60. The lowest BCUT2D eigenvalue weighted by molar-refractivity contribution is 0.155. The number of rotatable bonds is 0. The Morgan fingerprint density at radius 3 is 2.71 bits per heavy atom. The highest BCUT2D eigenvalue weighted by Gasteiger charge is 2.52. The summed E-state index contributed by atoms with van der Waals surface area (Å²) in [5.74, 6) is 6.09. The lowest BCUT2D eigenvalue weighted by Crippen LogP contribution is -2.44. The molecule has 1 aliphatic heterocycles. The van der Waals surface area contributed by atoms with E-state index in [1.165, 1.54) is 35.5 Å². The van der Waals surface area contributed by atoms with Crippen molar-refractivity contribution in [2.45, 2.75) is 43.1 Å². The molecule has 114 valence electrons. The first-order chi connectivity index (χ1) is 10.1. The van der Waals surface area contributed by atoms with Crippen molar-refractivity contribution < 1.29 is 5.11 Å². The Kier molecular flexibility index (Phi) is 3.50. The first-order valence-electron chi connectivity index (χ1n) is 8.20. The summed E-state index contributed by atoms with van der Waals surface area (Å²) in [7, 11) is 0. The molecule has 0 bridgehead atoms. The van der Waals surface area contributed by atoms with E-state index in [4.69, 9.17) is 0 Å². The summed E-state index contributed by atoms with van der Waals surface area (Å²) in [5, 5.41) is 9.83. The zero-order valence-electron chi connectivity index (χ0n) is 12.8. The Morgan fingerprint density at radius 2 is 1.95 bits per heavy atom.